The summed E-state index contributed by atoms with van der Waals surface area (Å²) in [4.78, 5) is 66.9. The second kappa shape index (κ2) is 22.2. The number of hydrogen-bond donors (Lipinski definition) is 2. The number of carbonyl (C=O) groups excluding carboxylic acids is 4. The molecule has 0 spiro atoms. The molecular weight excluding hydrogens is 980 g/mol. The van der Waals surface area contributed by atoms with Crippen LogP contribution in [0.25, 0.3) is 90.9 Å². The van der Waals surface area contributed by atoms with Gasteiger partial charge in [-0.2, -0.15) is 0 Å². The molecule has 69 heavy (non-hydrogen) atoms. The number of H-pyrrole nitrogens is 2. The van der Waals surface area contributed by atoms with E-state index in [1.807, 2.05) is 48.5 Å². The molecule has 3 aromatic heterocycles. The van der Waals surface area contributed by atoms with Crippen molar-refractivity contribution >= 4 is 114 Å². The average molecular weight is 1030 g/mol. The fourth-order valence-corrected chi connectivity index (χ4v) is 10.6. The van der Waals surface area contributed by atoms with Crippen LogP contribution >= 0.6 is 47.0 Å². The Kier molecular flexibility index (Phi) is 15.9. The van der Waals surface area contributed by atoms with Gasteiger partial charge in [-0.3, -0.25) is 19.2 Å². The Bertz CT molecular complexity index is 2970. The summed E-state index contributed by atoms with van der Waals surface area (Å²) >= 11 is 5.12. The van der Waals surface area contributed by atoms with E-state index in [1.54, 1.807) is 27.7 Å². The standard InChI is InChI=1S/C56H46N4O4S4.Co/c1-33(61)65-29-37-9-5-13-41(25-37)53-45-17-19-47(57-45)54(42-14-6-10-38(26-42)30-66-34(2)62)49-21-23-51(59-49)56(44-16-8-12-40(28-44)32-68-36(4)64)52-24-22-50(60-52)55(48-20-18-46(53)58-48)43-15-7-11-39(27-43)31-67-35(3)63;/h5-28,57,60H,29-32H2,1-4H3;. The molecule has 0 unspecified atom stereocenters. The third-order valence-electron chi connectivity index (χ3n) is 11.4. The number of carbonyl (C=O) groups is 4. The molecule has 0 amide bonds. The predicted octanol–water partition coefficient (Wildman–Crippen LogP) is 14.4. The molecule has 13 heteroatoms. The van der Waals surface area contributed by atoms with Crippen LogP contribution in [0.1, 0.15) is 72.7 Å². The summed E-state index contributed by atoms with van der Waals surface area (Å²) in [6.07, 6.45) is 8.25. The minimum absolute atomic E-state index is 0. The van der Waals surface area contributed by atoms with E-state index >= 15 is 0 Å². The summed E-state index contributed by atoms with van der Waals surface area (Å²) in [5.41, 5.74) is 17.8. The smallest absolute Gasteiger partial charge is 0.186 e. The first-order valence-electron chi connectivity index (χ1n) is 22.0. The fourth-order valence-electron chi connectivity index (χ4n) is 8.43. The number of aromatic nitrogens is 4. The first kappa shape index (κ1) is 49.5. The van der Waals surface area contributed by atoms with Crippen molar-refractivity contribution in [3.63, 3.8) is 0 Å². The Morgan fingerprint density at radius 2 is 0.609 bits per heavy atom. The fraction of sp³-hybridized carbons (Fsp3) is 0.143. The molecule has 5 heterocycles. The number of nitrogens with zero attached hydrogens (tertiary/aromatic N) is 2. The summed E-state index contributed by atoms with van der Waals surface area (Å²) in [6, 6.07) is 41.5. The van der Waals surface area contributed by atoms with Crippen molar-refractivity contribution in [3.05, 3.63) is 166 Å². The van der Waals surface area contributed by atoms with E-state index in [2.05, 4.69) is 107 Å². The van der Waals surface area contributed by atoms with Crippen LogP contribution in [-0.4, -0.2) is 40.4 Å². The zero-order chi connectivity index (χ0) is 47.3. The van der Waals surface area contributed by atoms with Gasteiger partial charge in [-0.05, 0) is 93.1 Å². The van der Waals surface area contributed by atoms with Gasteiger partial charge in [-0.25, -0.2) is 9.97 Å². The number of hydrogen-bond acceptors (Lipinski definition) is 10. The molecule has 8 bridgehead atoms. The van der Waals surface area contributed by atoms with Gasteiger partial charge in [-0.15, -0.1) is 0 Å². The zero-order valence-corrected chi connectivity index (χ0v) is 42.5. The Morgan fingerprint density at radius 1 is 0.377 bits per heavy atom. The van der Waals surface area contributed by atoms with Crippen molar-refractivity contribution in [1.82, 2.24) is 19.9 Å². The quantitative estimate of drug-likeness (QED) is 0.122. The van der Waals surface area contributed by atoms with Gasteiger partial charge in [0.15, 0.2) is 20.5 Å². The molecule has 8 nitrogen and oxygen atoms in total. The van der Waals surface area contributed by atoms with E-state index in [9.17, 15) is 19.2 Å². The van der Waals surface area contributed by atoms with Crippen molar-refractivity contribution in [2.45, 2.75) is 50.7 Å². The Labute approximate surface area is 428 Å². The first-order valence-corrected chi connectivity index (χ1v) is 26.0. The van der Waals surface area contributed by atoms with Gasteiger partial charge in [0.05, 0.1) is 22.8 Å². The third kappa shape index (κ3) is 11.7. The van der Waals surface area contributed by atoms with E-state index in [-0.39, 0.29) is 37.2 Å². The molecule has 4 aromatic carbocycles. The van der Waals surface area contributed by atoms with Crippen molar-refractivity contribution in [2.24, 2.45) is 0 Å². The average Bonchev–Trinajstić information content (AvgIpc) is 4.18. The SMILES string of the molecule is CC(=O)SCc1cccc(-c2c3nc(c(-c4cccc(CSC(C)=O)c4)c4ccc([nH]4)c(-c4cccc(CSC(C)=O)c4)c4nc(c(-c5cccc(CSC(C)=O)c5)c5ccc2[nH]5)C=C4)C=C3)c1.[Co]. The van der Waals surface area contributed by atoms with Gasteiger partial charge in [-0.1, -0.05) is 144 Å². The third-order valence-corrected chi connectivity index (χ3v) is 14.9. The van der Waals surface area contributed by atoms with Crippen molar-refractivity contribution < 1.29 is 36.0 Å². The van der Waals surface area contributed by atoms with Gasteiger partial charge in [0.1, 0.15) is 0 Å². The number of benzene rings is 4. The van der Waals surface area contributed by atoms with Crippen molar-refractivity contribution in [2.75, 3.05) is 0 Å². The van der Waals surface area contributed by atoms with E-state index in [1.165, 1.54) is 47.0 Å². The molecular formula is C56H46CoN4O4S4. The van der Waals surface area contributed by atoms with E-state index in [0.717, 1.165) is 112 Å². The molecule has 9 rings (SSSR count). The van der Waals surface area contributed by atoms with Crippen LogP contribution in [-0.2, 0) is 59.0 Å². The van der Waals surface area contributed by atoms with E-state index in [0.29, 0.717) is 23.0 Å². The van der Waals surface area contributed by atoms with Gasteiger partial charge in [0.2, 0.25) is 0 Å². The Morgan fingerprint density at radius 3 is 0.826 bits per heavy atom. The number of aromatic amines is 2. The molecule has 0 atom stereocenters. The van der Waals surface area contributed by atoms with Crippen LogP contribution in [0.2, 0.25) is 0 Å². The van der Waals surface area contributed by atoms with Crippen molar-refractivity contribution in [3.8, 4) is 44.5 Å². The number of fused-ring (bicyclic) bond motifs is 8. The molecule has 7 aromatic rings. The van der Waals surface area contributed by atoms with E-state index in [4.69, 9.17) is 9.97 Å². The molecule has 2 aliphatic rings. The predicted molar refractivity (Wildman–Crippen MR) is 289 cm³/mol. The van der Waals surface area contributed by atoms with Crippen LogP contribution in [0.3, 0.4) is 0 Å². The largest absolute Gasteiger partial charge is 0.354 e. The summed E-state index contributed by atoms with van der Waals surface area (Å²) in [6.45, 7) is 6.35. The second-order valence-corrected chi connectivity index (χ2v) is 21.0. The topological polar surface area (TPSA) is 126 Å². The zero-order valence-electron chi connectivity index (χ0n) is 38.2. The first-order chi connectivity index (χ1) is 32.9. The minimum Gasteiger partial charge on any atom is -0.354 e. The maximum Gasteiger partial charge on any atom is 0.186 e. The molecule has 2 N–H and O–H groups in total. The molecule has 0 saturated heterocycles. The Balaban J connectivity index is 0.00000642. The summed E-state index contributed by atoms with van der Waals surface area (Å²) in [5.74, 6) is 2.16. The Hall–Kier alpha value is -5.93. The maximum absolute atomic E-state index is 12.1. The van der Waals surface area contributed by atoms with Crippen LogP contribution in [0.15, 0.2) is 121 Å². The van der Waals surface area contributed by atoms with Crippen LogP contribution in [0, 0.1) is 0 Å². The van der Waals surface area contributed by atoms with Crippen LogP contribution in [0.4, 0.5) is 0 Å². The molecule has 2 aliphatic heterocycles. The molecule has 0 saturated carbocycles. The van der Waals surface area contributed by atoms with Crippen molar-refractivity contribution in [1.29, 1.82) is 0 Å². The van der Waals surface area contributed by atoms with Gasteiger partial charge < -0.3 is 9.97 Å². The molecule has 1 radical (unpaired) electrons. The molecule has 0 aliphatic carbocycles. The van der Waals surface area contributed by atoms with Crippen LogP contribution < -0.4 is 0 Å². The van der Waals surface area contributed by atoms with Crippen LogP contribution in [0.5, 0.6) is 0 Å². The number of nitrogens with one attached hydrogen (secondary N) is 2. The molecule has 0 fully saturated rings. The van der Waals surface area contributed by atoms with Gasteiger partial charge in [0.25, 0.3) is 0 Å². The summed E-state index contributed by atoms with van der Waals surface area (Å²) in [5, 5.41) is 0.229. The number of rotatable bonds is 12. The monoisotopic (exact) mass is 1030 g/mol. The number of thioether (sulfide) groups is 4. The minimum atomic E-state index is 0. The molecule has 347 valence electrons. The maximum atomic E-state index is 12.1. The van der Waals surface area contributed by atoms with Gasteiger partial charge in [0, 0.05) is 112 Å². The van der Waals surface area contributed by atoms with E-state index < -0.39 is 0 Å². The second-order valence-electron chi connectivity index (χ2n) is 16.4. The summed E-state index contributed by atoms with van der Waals surface area (Å²) < 4.78 is 0. The summed E-state index contributed by atoms with van der Waals surface area (Å²) in [7, 11) is 0. The van der Waals surface area contributed by atoms with Gasteiger partial charge >= 0.3 is 0 Å². The normalized spacial score (nSPS) is 11.7.